The maximum absolute atomic E-state index is 12.8. The molecule has 0 unspecified atom stereocenters. The van der Waals surface area contributed by atoms with Gasteiger partial charge in [0.2, 0.25) is 0 Å². The summed E-state index contributed by atoms with van der Waals surface area (Å²) in [5.74, 6) is 1.86. The number of benzene rings is 2. The molecule has 3 aromatic rings. The first-order valence-corrected chi connectivity index (χ1v) is 10.9. The fraction of sp³-hybridized carbons (Fsp3) is 0.391. The van der Waals surface area contributed by atoms with Gasteiger partial charge in [0.15, 0.2) is 16.3 Å². The molecule has 0 N–H and O–H groups in total. The molecule has 7 nitrogen and oxygen atoms in total. The van der Waals surface area contributed by atoms with Crippen LogP contribution in [0.25, 0.3) is 10.2 Å². The lowest BCUT2D eigenvalue weighted by Crippen LogP contribution is -2.20. The Morgan fingerprint density at radius 2 is 1.74 bits per heavy atom. The molecule has 3 rings (SSSR count). The molecule has 8 heteroatoms. The van der Waals surface area contributed by atoms with Crippen molar-refractivity contribution in [3.05, 3.63) is 46.3 Å². The van der Waals surface area contributed by atoms with Crippen molar-refractivity contribution in [2.45, 2.75) is 26.8 Å². The summed E-state index contributed by atoms with van der Waals surface area (Å²) >= 11 is 1.44. The highest BCUT2D eigenvalue weighted by Crippen LogP contribution is 2.33. The fourth-order valence-electron chi connectivity index (χ4n) is 3.37. The van der Waals surface area contributed by atoms with Crippen LogP contribution < -0.4 is 19.0 Å². The summed E-state index contributed by atoms with van der Waals surface area (Å²) in [4.78, 5) is 17.8. The Morgan fingerprint density at radius 1 is 1.03 bits per heavy atom. The average Bonchev–Trinajstić information content (AvgIpc) is 3.08. The summed E-state index contributed by atoms with van der Waals surface area (Å²) in [7, 11) is 4.84. The number of aromatic nitrogens is 1. The fourth-order valence-corrected chi connectivity index (χ4v) is 4.45. The van der Waals surface area contributed by atoms with E-state index in [0.29, 0.717) is 36.1 Å². The van der Waals surface area contributed by atoms with Crippen LogP contribution in [0.15, 0.2) is 35.3 Å². The third-order valence-electron chi connectivity index (χ3n) is 4.89. The molecule has 0 atom stereocenters. The Kier molecular flexibility index (Phi) is 7.70. The first kappa shape index (κ1) is 22.8. The SMILES string of the molecule is CCOCCn1c(=NC(=O)Cc2ccc(OC)c(C)c2)sc2cc(OC)c(OC)cc21. The van der Waals surface area contributed by atoms with Gasteiger partial charge in [-0.1, -0.05) is 23.5 Å². The van der Waals surface area contributed by atoms with E-state index < -0.39 is 0 Å². The van der Waals surface area contributed by atoms with Gasteiger partial charge in [-0.25, -0.2) is 0 Å². The van der Waals surface area contributed by atoms with Crippen molar-refractivity contribution >= 4 is 27.5 Å². The molecule has 0 bridgehead atoms. The van der Waals surface area contributed by atoms with Crippen molar-refractivity contribution < 1.29 is 23.7 Å². The number of thiazole rings is 1. The normalized spacial score (nSPS) is 11.7. The van der Waals surface area contributed by atoms with Crippen LogP contribution in [0.3, 0.4) is 0 Å². The van der Waals surface area contributed by atoms with E-state index in [0.717, 1.165) is 27.1 Å². The summed E-state index contributed by atoms with van der Waals surface area (Å²) in [6, 6.07) is 9.54. The van der Waals surface area contributed by atoms with Crippen molar-refractivity contribution in [2.75, 3.05) is 34.5 Å². The van der Waals surface area contributed by atoms with E-state index in [1.165, 1.54) is 11.3 Å². The minimum Gasteiger partial charge on any atom is -0.496 e. The van der Waals surface area contributed by atoms with Crippen LogP contribution >= 0.6 is 11.3 Å². The summed E-state index contributed by atoms with van der Waals surface area (Å²) in [6.07, 6.45) is 0.219. The number of carbonyl (C=O) groups excluding carboxylic acids is 1. The largest absolute Gasteiger partial charge is 0.496 e. The van der Waals surface area contributed by atoms with E-state index in [2.05, 4.69) is 4.99 Å². The van der Waals surface area contributed by atoms with Gasteiger partial charge in [-0.15, -0.1) is 0 Å². The van der Waals surface area contributed by atoms with Crippen LogP contribution in [-0.4, -0.2) is 45.0 Å². The summed E-state index contributed by atoms with van der Waals surface area (Å²) in [6.45, 7) is 5.64. The lowest BCUT2D eigenvalue weighted by molar-refractivity contribution is -0.117. The van der Waals surface area contributed by atoms with Crippen molar-refractivity contribution in [3.8, 4) is 17.2 Å². The smallest absolute Gasteiger partial charge is 0.252 e. The monoisotopic (exact) mass is 444 g/mol. The standard InChI is InChI=1S/C23H28N2O5S/c1-6-30-10-9-25-17-13-19(28-4)20(29-5)14-21(17)31-23(25)24-22(26)12-16-7-8-18(27-3)15(2)11-16/h7-8,11,13-14H,6,9-10,12H2,1-5H3. The number of nitrogens with zero attached hydrogens (tertiary/aromatic N) is 2. The molecule has 0 saturated heterocycles. The second-order valence-corrected chi connectivity index (χ2v) is 7.90. The molecule has 31 heavy (non-hydrogen) atoms. The van der Waals surface area contributed by atoms with Gasteiger partial charge < -0.3 is 23.5 Å². The number of amides is 1. The van der Waals surface area contributed by atoms with Gasteiger partial charge in [-0.3, -0.25) is 4.79 Å². The van der Waals surface area contributed by atoms with Crippen LogP contribution in [0, 0.1) is 6.92 Å². The second kappa shape index (κ2) is 10.5. The Bertz CT molecular complexity index is 1130. The lowest BCUT2D eigenvalue weighted by atomic mass is 10.1. The summed E-state index contributed by atoms with van der Waals surface area (Å²) in [5, 5.41) is 0. The van der Waals surface area contributed by atoms with Gasteiger partial charge in [-0.2, -0.15) is 4.99 Å². The predicted molar refractivity (Wildman–Crippen MR) is 121 cm³/mol. The maximum Gasteiger partial charge on any atom is 0.252 e. The zero-order valence-electron chi connectivity index (χ0n) is 18.6. The molecule has 0 spiro atoms. The van der Waals surface area contributed by atoms with Crippen molar-refractivity contribution in [2.24, 2.45) is 4.99 Å². The zero-order chi connectivity index (χ0) is 22.4. The van der Waals surface area contributed by atoms with Gasteiger partial charge in [0, 0.05) is 25.3 Å². The predicted octanol–water partition coefficient (Wildman–Crippen LogP) is 3.74. The number of ether oxygens (including phenoxy) is 4. The molecule has 0 radical (unpaired) electrons. The highest BCUT2D eigenvalue weighted by atomic mass is 32.1. The highest BCUT2D eigenvalue weighted by molar-refractivity contribution is 7.16. The average molecular weight is 445 g/mol. The minimum absolute atomic E-state index is 0.208. The van der Waals surface area contributed by atoms with Crippen LogP contribution in [0.1, 0.15) is 18.1 Å². The molecular weight excluding hydrogens is 416 g/mol. The molecule has 2 aromatic carbocycles. The van der Waals surface area contributed by atoms with Crippen molar-refractivity contribution in [3.63, 3.8) is 0 Å². The quantitative estimate of drug-likeness (QED) is 0.470. The number of hydrogen-bond donors (Lipinski definition) is 0. The van der Waals surface area contributed by atoms with Crippen LogP contribution in [-0.2, 0) is 22.5 Å². The van der Waals surface area contributed by atoms with E-state index in [1.54, 1.807) is 21.3 Å². The number of fused-ring (bicyclic) bond motifs is 1. The number of methoxy groups -OCH3 is 3. The first-order valence-electron chi connectivity index (χ1n) is 10.0. The number of carbonyl (C=O) groups is 1. The topological polar surface area (TPSA) is 71.3 Å². The molecule has 1 amide bonds. The third kappa shape index (κ3) is 5.26. The molecule has 0 aliphatic heterocycles. The molecule has 166 valence electrons. The molecular formula is C23H28N2O5S. The molecule has 1 aromatic heterocycles. The maximum atomic E-state index is 12.8. The summed E-state index contributed by atoms with van der Waals surface area (Å²) in [5.41, 5.74) is 2.81. The Labute approximate surface area is 185 Å². The van der Waals surface area contributed by atoms with Gasteiger partial charge in [0.05, 0.1) is 44.6 Å². The van der Waals surface area contributed by atoms with E-state index in [4.69, 9.17) is 18.9 Å². The van der Waals surface area contributed by atoms with E-state index in [9.17, 15) is 4.79 Å². The van der Waals surface area contributed by atoms with Crippen LogP contribution in [0.4, 0.5) is 0 Å². The lowest BCUT2D eigenvalue weighted by Gasteiger charge is -2.09. The molecule has 1 heterocycles. The molecule has 0 aliphatic rings. The highest BCUT2D eigenvalue weighted by Gasteiger charge is 2.14. The number of hydrogen-bond acceptors (Lipinski definition) is 6. The minimum atomic E-state index is -0.208. The Morgan fingerprint density at radius 3 is 2.39 bits per heavy atom. The van der Waals surface area contributed by atoms with Crippen molar-refractivity contribution in [1.82, 2.24) is 4.57 Å². The molecule has 0 fully saturated rings. The summed E-state index contributed by atoms with van der Waals surface area (Å²) < 4.78 is 24.7. The second-order valence-electron chi connectivity index (χ2n) is 6.89. The van der Waals surface area contributed by atoms with E-state index in [-0.39, 0.29) is 12.3 Å². The van der Waals surface area contributed by atoms with E-state index >= 15 is 0 Å². The van der Waals surface area contributed by atoms with Gasteiger partial charge in [-0.05, 0) is 31.0 Å². The first-order chi connectivity index (χ1) is 15.0. The van der Waals surface area contributed by atoms with Crippen LogP contribution in [0.5, 0.6) is 17.2 Å². The zero-order valence-corrected chi connectivity index (χ0v) is 19.4. The molecule has 0 aliphatic carbocycles. The number of aryl methyl sites for hydroxylation is 1. The van der Waals surface area contributed by atoms with E-state index in [1.807, 2.05) is 48.7 Å². The van der Waals surface area contributed by atoms with Gasteiger partial charge in [0.1, 0.15) is 5.75 Å². The van der Waals surface area contributed by atoms with Crippen molar-refractivity contribution in [1.29, 1.82) is 0 Å². The van der Waals surface area contributed by atoms with Crippen LogP contribution in [0.2, 0.25) is 0 Å². The number of rotatable bonds is 9. The van der Waals surface area contributed by atoms with Gasteiger partial charge in [0.25, 0.3) is 5.91 Å². The third-order valence-corrected chi connectivity index (χ3v) is 5.93. The molecule has 0 saturated carbocycles. The Hall–Kier alpha value is -2.84. The Balaban J connectivity index is 1.99. The van der Waals surface area contributed by atoms with Gasteiger partial charge >= 0.3 is 0 Å².